The van der Waals surface area contributed by atoms with E-state index in [1.54, 1.807) is 24.5 Å². The van der Waals surface area contributed by atoms with Gasteiger partial charge in [0.05, 0.1) is 4.90 Å². The predicted octanol–water partition coefficient (Wildman–Crippen LogP) is 1.42. The van der Waals surface area contributed by atoms with Crippen LogP contribution in [0.3, 0.4) is 0 Å². The highest BCUT2D eigenvalue weighted by atomic mass is 32.2. The summed E-state index contributed by atoms with van der Waals surface area (Å²) in [5.74, 6) is -0.162. The van der Waals surface area contributed by atoms with Crippen LogP contribution in [0.5, 0.6) is 0 Å². The summed E-state index contributed by atoms with van der Waals surface area (Å²) < 4.78 is 27.7. The van der Waals surface area contributed by atoms with E-state index < -0.39 is 10.0 Å². The fraction of sp³-hybridized carbons (Fsp3) is 0.375. The Morgan fingerprint density at radius 2 is 2.09 bits per heavy atom. The van der Waals surface area contributed by atoms with Gasteiger partial charge in [0.15, 0.2) is 5.78 Å². The third-order valence-electron chi connectivity index (χ3n) is 4.04. The summed E-state index contributed by atoms with van der Waals surface area (Å²) in [6.07, 6.45) is 3.93. The van der Waals surface area contributed by atoms with Crippen LogP contribution in [0.25, 0.3) is 10.8 Å². The molecule has 0 aliphatic carbocycles. The van der Waals surface area contributed by atoms with E-state index in [-0.39, 0.29) is 10.7 Å². The smallest absolute Gasteiger partial charge is 0.243 e. The molecule has 0 spiro atoms. The summed E-state index contributed by atoms with van der Waals surface area (Å²) in [5.41, 5.74) is 0.386. The van der Waals surface area contributed by atoms with Crippen molar-refractivity contribution in [2.45, 2.75) is 18.2 Å². The first-order valence-electron chi connectivity index (χ1n) is 7.60. The van der Waals surface area contributed by atoms with Gasteiger partial charge in [0.1, 0.15) is 0 Å². The monoisotopic (exact) mass is 333 g/mol. The molecular weight excluding hydrogens is 314 g/mol. The van der Waals surface area contributed by atoms with Crippen LogP contribution in [0.15, 0.2) is 35.5 Å². The molecular formula is C16H19N3O3S. The molecule has 1 fully saturated rings. The lowest BCUT2D eigenvalue weighted by molar-refractivity contribution is 0.101. The van der Waals surface area contributed by atoms with Crippen molar-refractivity contribution in [3.05, 3.63) is 36.2 Å². The molecule has 1 aliphatic heterocycles. The van der Waals surface area contributed by atoms with E-state index in [0.29, 0.717) is 36.0 Å². The van der Waals surface area contributed by atoms with E-state index in [1.807, 2.05) is 0 Å². The zero-order chi connectivity index (χ0) is 16.4. The minimum atomic E-state index is -3.65. The molecule has 1 saturated heterocycles. The first-order chi connectivity index (χ1) is 11.0. The number of fused-ring (bicyclic) bond motifs is 1. The molecule has 2 aromatic rings. The van der Waals surface area contributed by atoms with Crippen LogP contribution in [-0.4, -0.2) is 49.7 Å². The van der Waals surface area contributed by atoms with Crippen molar-refractivity contribution in [2.75, 3.05) is 26.2 Å². The van der Waals surface area contributed by atoms with Crippen LogP contribution in [0.4, 0.5) is 0 Å². The summed E-state index contributed by atoms with van der Waals surface area (Å²) in [6.45, 7) is 3.78. The molecule has 122 valence electrons. The lowest BCUT2D eigenvalue weighted by Crippen LogP contribution is -2.34. The summed E-state index contributed by atoms with van der Waals surface area (Å²) in [5, 5.41) is 4.46. The molecule has 1 N–H and O–H groups in total. The third kappa shape index (κ3) is 3.12. The number of nitrogens with zero attached hydrogens (tertiary/aromatic N) is 2. The van der Waals surface area contributed by atoms with Gasteiger partial charge in [-0.15, -0.1) is 0 Å². The van der Waals surface area contributed by atoms with Crippen molar-refractivity contribution < 1.29 is 13.2 Å². The number of benzene rings is 1. The fourth-order valence-corrected chi connectivity index (χ4v) is 4.51. The van der Waals surface area contributed by atoms with Gasteiger partial charge < -0.3 is 5.32 Å². The molecule has 0 bridgehead atoms. The molecule has 23 heavy (non-hydrogen) atoms. The Morgan fingerprint density at radius 1 is 1.26 bits per heavy atom. The molecule has 3 rings (SSSR count). The molecule has 7 heteroatoms. The quantitative estimate of drug-likeness (QED) is 0.860. The van der Waals surface area contributed by atoms with Gasteiger partial charge in [0.25, 0.3) is 0 Å². The van der Waals surface area contributed by atoms with Crippen LogP contribution in [0.1, 0.15) is 23.7 Å². The van der Waals surface area contributed by atoms with Gasteiger partial charge in [0, 0.05) is 48.4 Å². The lowest BCUT2D eigenvalue weighted by Gasteiger charge is -2.21. The Kier molecular flexibility index (Phi) is 4.43. The first-order valence-corrected chi connectivity index (χ1v) is 9.04. The maximum Gasteiger partial charge on any atom is 0.243 e. The largest absolute Gasteiger partial charge is 0.315 e. The van der Waals surface area contributed by atoms with Crippen molar-refractivity contribution in [2.24, 2.45) is 0 Å². The summed E-state index contributed by atoms with van der Waals surface area (Å²) in [4.78, 5) is 16.0. The summed E-state index contributed by atoms with van der Waals surface area (Å²) in [6, 6.07) is 4.86. The number of hydrogen-bond acceptors (Lipinski definition) is 5. The van der Waals surface area contributed by atoms with Crippen molar-refractivity contribution in [3.8, 4) is 0 Å². The maximum atomic E-state index is 13.1. The van der Waals surface area contributed by atoms with Gasteiger partial charge >= 0.3 is 0 Å². The van der Waals surface area contributed by atoms with Crippen LogP contribution in [-0.2, 0) is 10.0 Å². The van der Waals surface area contributed by atoms with Gasteiger partial charge in [-0.1, -0.05) is 0 Å². The number of hydrogen-bond donors (Lipinski definition) is 1. The molecule has 6 nitrogen and oxygen atoms in total. The van der Waals surface area contributed by atoms with E-state index in [0.717, 1.165) is 13.0 Å². The number of carbonyl (C=O) groups is 1. The number of sulfonamides is 1. The highest BCUT2D eigenvalue weighted by Crippen LogP contribution is 2.27. The van der Waals surface area contributed by atoms with Crippen molar-refractivity contribution in [3.63, 3.8) is 0 Å². The Balaban J connectivity index is 2.18. The third-order valence-corrected chi connectivity index (χ3v) is 5.98. The van der Waals surface area contributed by atoms with Crippen LogP contribution >= 0.6 is 0 Å². The van der Waals surface area contributed by atoms with E-state index in [2.05, 4.69) is 10.3 Å². The van der Waals surface area contributed by atoms with Gasteiger partial charge in [-0.2, -0.15) is 4.31 Å². The zero-order valence-electron chi connectivity index (χ0n) is 12.9. The zero-order valence-corrected chi connectivity index (χ0v) is 13.8. The standard InChI is InChI=1S/C16H19N3O3S/c1-12(20)13-9-14-11-18-5-3-15(14)16(10-13)23(21,22)19-7-2-4-17-6-8-19/h3,5,9-11,17H,2,4,6-8H2,1H3. The van der Waals surface area contributed by atoms with Crippen molar-refractivity contribution >= 4 is 26.6 Å². The minimum Gasteiger partial charge on any atom is -0.315 e. The van der Waals surface area contributed by atoms with Gasteiger partial charge in [-0.05, 0) is 38.1 Å². The average Bonchev–Trinajstić information content (AvgIpc) is 2.83. The number of pyridine rings is 1. The topological polar surface area (TPSA) is 79.4 Å². The second-order valence-electron chi connectivity index (χ2n) is 5.64. The Hall–Kier alpha value is -1.83. The highest BCUT2D eigenvalue weighted by Gasteiger charge is 2.27. The highest BCUT2D eigenvalue weighted by molar-refractivity contribution is 7.89. The fourth-order valence-electron chi connectivity index (χ4n) is 2.79. The van der Waals surface area contributed by atoms with Crippen molar-refractivity contribution in [1.29, 1.82) is 0 Å². The minimum absolute atomic E-state index is 0.162. The molecule has 0 amide bonds. The lowest BCUT2D eigenvalue weighted by atomic mass is 10.1. The summed E-state index contributed by atoms with van der Waals surface area (Å²) in [7, 11) is -3.65. The van der Waals surface area contributed by atoms with E-state index in [4.69, 9.17) is 0 Å². The molecule has 0 atom stereocenters. The molecule has 1 aliphatic rings. The van der Waals surface area contributed by atoms with E-state index in [9.17, 15) is 13.2 Å². The Labute approximate surface area is 135 Å². The van der Waals surface area contributed by atoms with E-state index in [1.165, 1.54) is 17.3 Å². The van der Waals surface area contributed by atoms with Gasteiger partial charge in [-0.3, -0.25) is 9.78 Å². The second kappa shape index (κ2) is 6.35. The number of ketones is 1. The molecule has 0 radical (unpaired) electrons. The SMILES string of the molecule is CC(=O)c1cc(S(=O)(=O)N2CCCNCC2)c2ccncc2c1. The van der Waals surface area contributed by atoms with Gasteiger partial charge in [0.2, 0.25) is 10.0 Å². The van der Waals surface area contributed by atoms with Crippen molar-refractivity contribution in [1.82, 2.24) is 14.6 Å². The van der Waals surface area contributed by atoms with E-state index >= 15 is 0 Å². The average molecular weight is 333 g/mol. The number of Topliss-reactive ketones (excluding diaryl/α,β-unsaturated/α-hetero) is 1. The number of nitrogens with one attached hydrogen (secondary N) is 1. The van der Waals surface area contributed by atoms with Crippen LogP contribution in [0, 0.1) is 0 Å². The normalized spacial score (nSPS) is 17.1. The molecule has 1 aromatic carbocycles. The van der Waals surface area contributed by atoms with Gasteiger partial charge in [-0.25, -0.2) is 8.42 Å². The molecule has 0 saturated carbocycles. The second-order valence-corrected chi connectivity index (χ2v) is 7.54. The number of carbonyl (C=O) groups excluding carboxylic acids is 1. The summed E-state index contributed by atoms with van der Waals surface area (Å²) >= 11 is 0. The first kappa shape index (κ1) is 16.0. The van der Waals surface area contributed by atoms with Crippen LogP contribution < -0.4 is 5.32 Å². The Bertz CT molecular complexity index is 841. The molecule has 0 unspecified atom stereocenters. The molecule has 2 heterocycles. The maximum absolute atomic E-state index is 13.1. The molecule has 1 aromatic heterocycles. The van der Waals surface area contributed by atoms with Crippen LogP contribution in [0.2, 0.25) is 0 Å². The Morgan fingerprint density at radius 3 is 2.87 bits per heavy atom. The number of aromatic nitrogens is 1. The number of rotatable bonds is 3. The predicted molar refractivity (Wildman–Crippen MR) is 88.0 cm³/mol.